The topological polar surface area (TPSA) is 59.3 Å². The van der Waals surface area contributed by atoms with Gasteiger partial charge >= 0.3 is 0 Å². The molecule has 2 rings (SSSR count). The summed E-state index contributed by atoms with van der Waals surface area (Å²) < 4.78 is 6.93. The fraction of sp³-hybridized carbons (Fsp3) is 0.357. The van der Waals surface area contributed by atoms with Gasteiger partial charge in [-0.05, 0) is 13.0 Å². The summed E-state index contributed by atoms with van der Waals surface area (Å²) in [5.74, 6) is 0.692. The maximum atomic E-state index is 9.96. The van der Waals surface area contributed by atoms with Crippen molar-refractivity contribution in [2.75, 3.05) is 7.11 Å². The standard InChI is InChI=1S/C14H19N3O2/c1-10-12(9-16-17(10)2)8-15-7-11-5-4-6-13(19-3)14(11)18/h4-6,9,15,18H,7-8H2,1-3H3. The van der Waals surface area contributed by atoms with Gasteiger partial charge in [0.15, 0.2) is 11.5 Å². The first-order valence-electron chi connectivity index (χ1n) is 6.16. The molecule has 0 fully saturated rings. The lowest BCUT2D eigenvalue weighted by atomic mass is 10.1. The van der Waals surface area contributed by atoms with Gasteiger partial charge in [0, 0.05) is 37.0 Å². The van der Waals surface area contributed by atoms with Gasteiger partial charge in [-0.1, -0.05) is 12.1 Å². The predicted octanol–water partition coefficient (Wildman–Crippen LogP) is 1.73. The maximum absolute atomic E-state index is 9.96. The molecule has 2 aromatic rings. The number of nitrogens with one attached hydrogen (secondary N) is 1. The molecule has 1 aromatic carbocycles. The third-order valence-electron chi connectivity index (χ3n) is 3.27. The van der Waals surface area contributed by atoms with Crippen LogP contribution in [0.3, 0.4) is 0 Å². The first kappa shape index (κ1) is 13.4. The lowest BCUT2D eigenvalue weighted by Crippen LogP contribution is -2.13. The molecule has 0 spiro atoms. The van der Waals surface area contributed by atoms with Gasteiger partial charge in [-0.2, -0.15) is 5.10 Å². The number of benzene rings is 1. The number of hydrogen-bond acceptors (Lipinski definition) is 4. The number of phenols is 1. The van der Waals surface area contributed by atoms with Crippen molar-refractivity contribution in [2.24, 2.45) is 7.05 Å². The quantitative estimate of drug-likeness (QED) is 0.860. The molecule has 0 saturated carbocycles. The van der Waals surface area contributed by atoms with Crippen LogP contribution in [0.5, 0.6) is 11.5 Å². The summed E-state index contributed by atoms with van der Waals surface area (Å²) in [4.78, 5) is 0. The van der Waals surface area contributed by atoms with E-state index in [1.165, 1.54) is 0 Å². The Hall–Kier alpha value is -2.01. The van der Waals surface area contributed by atoms with E-state index < -0.39 is 0 Å². The van der Waals surface area contributed by atoms with Gasteiger partial charge in [0.25, 0.3) is 0 Å². The van der Waals surface area contributed by atoms with Gasteiger partial charge in [0.1, 0.15) is 0 Å². The second-order valence-corrected chi connectivity index (χ2v) is 4.45. The minimum absolute atomic E-state index is 0.195. The summed E-state index contributed by atoms with van der Waals surface area (Å²) in [6, 6.07) is 5.48. The van der Waals surface area contributed by atoms with Gasteiger partial charge in [-0.15, -0.1) is 0 Å². The molecule has 102 valence electrons. The summed E-state index contributed by atoms with van der Waals surface area (Å²) in [5.41, 5.74) is 3.12. The average Bonchev–Trinajstić information content (AvgIpc) is 2.72. The Morgan fingerprint density at radius 1 is 1.32 bits per heavy atom. The Kier molecular flexibility index (Phi) is 4.06. The van der Waals surface area contributed by atoms with Crippen molar-refractivity contribution in [3.05, 3.63) is 41.2 Å². The van der Waals surface area contributed by atoms with Crippen LogP contribution in [0.15, 0.2) is 24.4 Å². The molecule has 0 unspecified atom stereocenters. The highest BCUT2D eigenvalue weighted by Gasteiger charge is 2.07. The molecule has 0 aliphatic rings. The molecule has 0 amide bonds. The predicted molar refractivity (Wildman–Crippen MR) is 73.1 cm³/mol. The van der Waals surface area contributed by atoms with Crippen molar-refractivity contribution >= 4 is 0 Å². The van der Waals surface area contributed by atoms with Crippen LogP contribution in [-0.4, -0.2) is 22.0 Å². The lowest BCUT2D eigenvalue weighted by Gasteiger charge is -2.09. The first-order chi connectivity index (χ1) is 9.13. The molecule has 5 heteroatoms. The van der Waals surface area contributed by atoms with E-state index in [2.05, 4.69) is 10.4 Å². The van der Waals surface area contributed by atoms with Crippen LogP contribution in [0.2, 0.25) is 0 Å². The first-order valence-corrected chi connectivity index (χ1v) is 6.16. The molecule has 1 aromatic heterocycles. The van der Waals surface area contributed by atoms with E-state index in [4.69, 9.17) is 4.74 Å². The number of aryl methyl sites for hydroxylation is 1. The smallest absolute Gasteiger partial charge is 0.162 e. The van der Waals surface area contributed by atoms with E-state index in [0.717, 1.165) is 23.4 Å². The largest absolute Gasteiger partial charge is 0.504 e. The van der Waals surface area contributed by atoms with Crippen molar-refractivity contribution in [3.8, 4) is 11.5 Å². The van der Waals surface area contributed by atoms with E-state index in [9.17, 15) is 5.11 Å². The molecule has 0 saturated heterocycles. The van der Waals surface area contributed by atoms with Crippen LogP contribution < -0.4 is 10.1 Å². The molecule has 5 nitrogen and oxygen atoms in total. The number of ether oxygens (including phenoxy) is 1. The number of aromatic nitrogens is 2. The molecule has 0 atom stereocenters. The highest BCUT2D eigenvalue weighted by molar-refractivity contribution is 5.45. The molecule has 0 radical (unpaired) electrons. The van der Waals surface area contributed by atoms with E-state index in [-0.39, 0.29) is 5.75 Å². The molecule has 19 heavy (non-hydrogen) atoms. The summed E-state index contributed by atoms with van der Waals surface area (Å²) in [6.07, 6.45) is 1.85. The fourth-order valence-corrected chi connectivity index (χ4v) is 1.92. The summed E-state index contributed by atoms with van der Waals surface area (Å²) in [7, 11) is 3.47. The third-order valence-corrected chi connectivity index (χ3v) is 3.27. The van der Waals surface area contributed by atoms with Gasteiger partial charge in [-0.25, -0.2) is 0 Å². The van der Waals surface area contributed by atoms with E-state index in [1.807, 2.05) is 37.0 Å². The van der Waals surface area contributed by atoms with Crippen molar-refractivity contribution in [2.45, 2.75) is 20.0 Å². The number of aromatic hydroxyl groups is 1. The van der Waals surface area contributed by atoms with Gasteiger partial charge in [0.05, 0.1) is 13.3 Å². The van der Waals surface area contributed by atoms with Crippen molar-refractivity contribution in [3.63, 3.8) is 0 Å². The minimum Gasteiger partial charge on any atom is -0.504 e. The van der Waals surface area contributed by atoms with Crippen LogP contribution in [0, 0.1) is 6.92 Å². The zero-order valence-electron chi connectivity index (χ0n) is 11.5. The van der Waals surface area contributed by atoms with E-state index >= 15 is 0 Å². The second-order valence-electron chi connectivity index (χ2n) is 4.45. The Morgan fingerprint density at radius 3 is 2.68 bits per heavy atom. The normalized spacial score (nSPS) is 10.7. The Bertz CT molecular complexity index is 564. The van der Waals surface area contributed by atoms with Crippen molar-refractivity contribution in [1.82, 2.24) is 15.1 Å². The Balaban J connectivity index is 1.98. The molecule has 0 bridgehead atoms. The zero-order valence-corrected chi connectivity index (χ0v) is 11.5. The highest BCUT2D eigenvalue weighted by Crippen LogP contribution is 2.29. The van der Waals surface area contributed by atoms with Crippen LogP contribution in [0.25, 0.3) is 0 Å². The number of nitrogens with zero attached hydrogens (tertiary/aromatic N) is 2. The van der Waals surface area contributed by atoms with Crippen LogP contribution in [0.4, 0.5) is 0 Å². The number of hydrogen-bond donors (Lipinski definition) is 2. The minimum atomic E-state index is 0.195. The summed E-state index contributed by atoms with van der Waals surface area (Å²) in [5, 5.41) is 17.5. The summed E-state index contributed by atoms with van der Waals surface area (Å²) >= 11 is 0. The second kappa shape index (κ2) is 5.75. The van der Waals surface area contributed by atoms with Crippen molar-refractivity contribution in [1.29, 1.82) is 0 Å². The fourth-order valence-electron chi connectivity index (χ4n) is 1.92. The number of para-hydroxylation sites is 1. The monoisotopic (exact) mass is 261 g/mol. The molecule has 2 N–H and O–H groups in total. The molecular weight excluding hydrogens is 242 g/mol. The van der Waals surface area contributed by atoms with Crippen LogP contribution in [-0.2, 0) is 20.1 Å². The van der Waals surface area contributed by atoms with Crippen molar-refractivity contribution < 1.29 is 9.84 Å². The molecule has 1 heterocycles. The Labute approximate surface area is 112 Å². The number of methoxy groups -OCH3 is 1. The maximum Gasteiger partial charge on any atom is 0.162 e. The average molecular weight is 261 g/mol. The zero-order chi connectivity index (χ0) is 13.8. The third kappa shape index (κ3) is 2.88. The Morgan fingerprint density at radius 2 is 2.05 bits per heavy atom. The molecule has 0 aliphatic heterocycles. The summed E-state index contributed by atoms with van der Waals surface area (Å²) in [6.45, 7) is 3.33. The number of rotatable bonds is 5. The van der Waals surface area contributed by atoms with Gasteiger partial charge < -0.3 is 15.2 Å². The van der Waals surface area contributed by atoms with Gasteiger partial charge in [0.2, 0.25) is 0 Å². The van der Waals surface area contributed by atoms with Gasteiger partial charge in [-0.3, -0.25) is 4.68 Å². The highest BCUT2D eigenvalue weighted by atomic mass is 16.5. The lowest BCUT2D eigenvalue weighted by molar-refractivity contribution is 0.369. The van der Waals surface area contributed by atoms with Crippen LogP contribution >= 0.6 is 0 Å². The molecule has 0 aliphatic carbocycles. The SMILES string of the molecule is COc1cccc(CNCc2cnn(C)c2C)c1O. The van der Waals surface area contributed by atoms with Crippen LogP contribution in [0.1, 0.15) is 16.8 Å². The van der Waals surface area contributed by atoms with E-state index in [0.29, 0.717) is 12.3 Å². The molecular formula is C14H19N3O2. The number of phenolic OH excluding ortho intramolecular Hbond substituents is 1. The van der Waals surface area contributed by atoms with E-state index in [1.54, 1.807) is 13.2 Å².